The van der Waals surface area contributed by atoms with Crippen molar-refractivity contribution in [3.63, 3.8) is 0 Å². The first-order chi connectivity index (χ1) is 12.5. The third kappa shape index (κ3) is 4.62. The third-order valence-electron chi connectivity index (χ3n) is 4.25. The monoisotopic (exact) mass is 356 g/mol. The summed E-state index contributed by atoms with van der Waals surface area (Å²) in [5.74, 6) is 2.05. The molecule has 0 atom stereocenters. The van der Waals surface area contributed by atoms with Crippen molar-refractivity contribution in [3.05, 3.63) is 42.2 Å². The van der Waals surface area contributed by atoms with Crippen molar-refractivity contribution in [3.8, 4) is 11.5 Å². The molecule has 138 valence electrons. The van der Waals surface area contributed by atoms with E-state index in [0.29, 0.717) is 38.7 Å². The molecule has 7 heteroatoms. The largest absolute Gasteiger partial charge is 0.486 e. The molecular weight excluding hydrogens is 332 g/mol. The van der Waals surface area contributed by atoms with E-state index in [1.54, 1.807) is 18.5 Å². The highest BCUT2D eigenvalue weighted by atomic mass is 16.6. The van der Waals surface area contributed by atoms with Crippen molar-refractivity contribution in [1.29, 1.82) is 0 Å². The smallest absolute Gasteiger partial charge is 0.222 e. The van der Waals surface area contributed by atoms with Crippen molar-refractivity contribution >= 4 is 11.9 Å². The van der Waals surface area contributed by atoms with Crippen LogP contribution in [0.15, 0.2) is 36.7 Å². The number of ether oxygens (including phenoxy) is 2. The normalized spacial score (nSPS) is 13.2. The van der Waals surface area contributed by atoms with Crippen molar-refractivity contribution in [1.82, 2.24) is 15.3 Å². The Kier molecular flexibility index (Phi) is 5.55. The molecule has 1 aliphatic rings. The van der Waals surface area contributed by atoms with Gasteiger partial charge in [-0.05, 0) is 23.8 Å². The molecule has 1 amide bonds. The number of carbonyl (C=O) groups excluding carboxylic acids is 1. The minimum Gasteiger partial charge on any atom is -0.486 e. The number of hydrogen-bond acceptors (Lipinski definition) is 6. The molecule has 3 rings (SSSR count). The summed E-state index contributed by atoms with van der Waals surface area (Å²) in [5, 5.41) is 6.02. The number of nitrogens with zero attached hydrogens (tertiary/aromatic N) is 2. The van der Waals surface area contributed by atoms with E-state index in [1.807, 2.05) is 18.2 Å². The number of amides is 1. The van der Waals surface area contributed by atoms with Gasteiger partial charge in [0, 0.05) is 37.3 Å². The number of benzene rings is 1. The number of hydrogen-bond donors (Lipinski definition) is 2. The van der Waals surface area contributed by atoms with E-state index in [-0.39, 0.29) is 11.3 Å². The number of aromatic nitrogens is 2. The molecule has 0 aliphatic carbocycles. The fourth-order valence-corrected chi connectivity index (χ4v) is 2.65. The van der Waals surface area contributed by atoms with Crippen LogP contribution in [0.3, 0.4) is 0 Å². The van der Waals surface area contributed by atoms with Crippen LogP contribution in [0.4, 0.5) is 5.95 Å². The van der Waals surface area contributed by atoms with Gasteiger partial charge < -0.3 is 20.1 Å². The average molecular weight is 356 g/mol. The lowest BCUT2D eigenvalue weighted by atomic mass is 9.84. The van der Waals surface area contributed by atoms with E-state index >= 15 is 0 Å². The molecule has 0 unspecified atom stereocenters. The molecule has 1 aromatic carbocycles. The van der Waals surface area contributed by atoms with Gasteiger partial charge >= 0.3 is 0 Å². The maximum absolute atomic E-state index is 12.1. The molecule has 1 aliphatic heterocycles. The van der Waals surface area contributed by atoms with E-state index in [2.05, 4.69) is 34.4 Å². The van der Waals surface area contributed by atoms with Gasteiger partial charge in [0.25, 0.3) is 0 Å². The van der Waals surface area contributed by atoms with Gasteiger partial charge in [-0.1, -0.05) is 19.9 Å². The Hall–Kier alpha value is -2.83. The molecule has 0 saturated heterocycles. The molecule has 0 saturated carbocycles. The molecule has 0 spiro atoms. The lowest BCUT2D eigenvalue weighted by molar-refractivity contribution is -0.121. The van der Waals surface area contributed by atoms with E-state index < -0.39 is 0 Å². The highest BCUT2D eigenvalue weighted by Crippen LogP contribution is 2.34. The van der Waals surface area contributed by atoms with Crippen LogP contribution in [0.1, 0.15) is 25.8 Å². The standard InChI is InChI=1S/C19H24N4O3/c1-19(2,14-4-5-15-16(12-14)26-11-10-25-15)13-23-17(24)6-9-22-18-20-7-3-8-21-18/h3-5,7-8,12H,6,9-11,13H2,1-2H3,(H,23,24)(H,20,21,22). The van der Waals surface area contributed by atoms with Crippen LogP contribution < -0.4 is 20.1 Å². The zero-order chi connectivity index (χ0) is 18.4. The van der Waals surface area contributed by atoms with Gasteiger partial charge in [-0.2, -0.15) is 0 Å². The van der Waals surface area contributed by atoms with Crippen LogP contribution in [0.25, 0.3) is 0 Å². The van der Waals surface area contributed by atoms with Gasteiger partial charge in [0.1, 0.15) is 13.2 Å². The maximum atomic E-state index is 12.1. The highest BCUT2D eigenvalue weighted by molar-refractivity contribution is 5.76. The molecule has 0 fully saturated rings. The van der Waals surface area contributed by atoms with Gasteiger partial charge in [0.15, 0.2) is 11.5 Å². The number of anilines is 1. The minimum atomic E-state index is -0.221. The van der Waals surface area contributed by atoms with Crippen LogP contribution >= 0.6 is 0 Å². The molecule has 0 radical (unpaired) electrons. The Labute approximate surface area is 153 Å². The van der Waals surface area contributed by atoms with Crippen molar-refractivity contribution in [2.45, 2.75) is 25.7 Å². The summed E-state index contributed by atoms with van der Waals surface area (Å²) in [6.07, 6.45) is 3.67. The quantitative estimate of drug-likeness (QED) is 0.791. The molecule has 26 heavy (non-hydrogen) atoms. The van der Waals surface area contributed by atoms with Crippen molar-refractivity contribution in [2.75, 3.05) is 31.6 Å². The maximum Gasteiger partial charge on any atom is 0.222 e. The van der Waals surface area contributed by atoms with Crippen LogP contribution in [-0.4, -0.2) is 42.2 Å². The van der Waals surface area contributed by atoms with E-state index in [1.165, 1.54) is 0 Å². The summed E-state index contributed by atoms with van der Waals surface area (Å²) in [4.78, 5) is 20.2. The summed E-state index contributed by atoms with van der Waals surface area (Å²) in [6, 6.07) is 7.69. The Morgan fingerprint density at radius 3 is 2.65 bits per heavy atom. The predicted molar refractivity (Wildman–Crippen MR) is 98.6 cm³/mol. The summed E-state index contributed by atoms with van der Waals surface area (Å²) < 4.78 is 11.2. The molecule has 2 aromatic rings. The summed E-state index contributed by atoms with van der Waals surface area (Å²) in [5.41, 5.74) is 0.874. The zero-order valence-corrected chi connectivity index (χ0v) is 15.1. The number of carbonyl (C=O) groups is 1. The first-order valence-corrected chi connectivity index (χ1v) is 8.72. The summed E-state index contributed by atoms with van der Waals surface area (Å²) >= 11 is 0. The minimum absolute atomic E-state index is 0.0148. The number of fused-ring (bicyclic) bond motifs is 1. The number of nitrogens with one attached hydrogen (secondary N) is 2. The first kappa shape index (κ1) is 18.0. The zero-order valence-electron chi connectivity index (χ0n) is 15.1. The number of rotatable bonds is 7. The van der Waals surface area contributed by atoms with Crippen LogP contribution in [0, 0.1) is 0 Å². The SMILES string of the molecule is CC(C)(CNC(=O)CCNc1ncccn1)c1ccc2c(c1)OCCO2. The fraction of sp³-hybridized carbons (Fsp3) is 0.421. The molecule has 2 N–H and O–H groups in total. The molecule has 0 bridgehead atoms. The molecule has 7 nitrogen and oxygen atoms in total. The first-order valence-electron chi connectivity index (χ1n) is 8.72. The van der Waals surface area contributed by atoms with E-state index in [4.69, 9.17) is 9.47 Å². The summed E-state index contributed by atoms with van der Waals surface area (Å²) in [6.45, 7) is 6.34. The molecular formula is C19H24N4O3. The van der Waals surface area contributed by atoms with Gasteiger partial charge in [0.2, 0.25) is 11.9 Å². The summed E-state index contributed by atoms with van der Waals surface area (Å²) in [7, 11) is 0. The second-order valence-electron chi connectivity index (χ2n) is 6.77. The Balaban J connectivity index is 1.49. The second kappa shape index (κ2) is 8.03. The Bertz CT molecular complexity index is 750. The lowest BCUT2D eigenvalue weighted by Crippen LogP contribution is -2.37. The van der Waals surface area contributed by atoms with Gasteiger partial charge in [-0.15, -0.1) is 0 Å². The van der Waals surface area contributed by atoms with Crippen LogP contribution in [-0.2, 0) is 10.2 Å². The van der Waals surface area contributed by atoms with Crippen molar-refractivity contribution < 1.29 is 14.3 Å². The van der Waals surface area contributed by atoms with E-state index in [0.717, 1.165) is 17.1 Å². The van der Waals surface area contributed by atoms with Crippen LogP contribution in [0.2, 0.25) is 0 Å². The Morgan fingerprint density at radius 2 is 1.88 bits per heavy atom. The second-order valence-corrected chi connectivity index (χ2v) is 6.77. The van der Waals surface area contributed by atoms with Gasteiger partial charge in [-0.25, -0.2) is 9.97 Å². The average Bonchev–Trinajstić information content (AvgIpc) is 2.67. The van der Waals surface area contributed by atoms with Gasteiger partial charge in [-0.3, -0.25) is 4.79 Å². The highest BCUT2D eigenvalue weighted by Gasteiger charge is 2.24. The third-order valence-corrected chi connectivity index (χ3v) is 4.25. The van der Waals surface area contributed by atoms with Crippen molar-refractivity contribution in [2.24, 2.45) is 0 Å². The predicted octanol–water partition coefficient (Wildman–Crippen LogP) is 2.14. The van der Waals surface area contributed by atoms with E-state index in [9.17, 15) is 4.79 Å². The fourth-order valence-electron chi connectivity index (χ4n) is 2.65. The molecule has 2 heterocycles. The topological polar surface area (TPSA) is 85.4 Å². The Morgan fingerprint density at radius 1 is 1.15 bits per heavy atom. The van der Waals surface area contributed by atoms with Crippen LogP contribution in [0.5, 0.6) is 11.5 Å². The van der Waals surface area contributed by atoms with Gasteiger partial charge in [0.05, 0.1) is 0 Å². The lowest BCUT2D eigenvalue weighted by Gasteiger charge is -2.28. The molecule has 1 aromatic heterocycles.